The van der Waals surface area contributed by atoms with Gasteiger partial charge in [-0.2, -0.15) is 0 Å². The van der Waals surface area contributed by atoms with Gasteiger partial charge in [0.05, 0.1) is 36.5 Å². The van der Waals surface area contributed by atoms with Gasteiger partial charge in [0.1, 0.15) is 5.76 Å². The van der Waals surface area contributed by atoms with E-state index in [0.717, 1.165) is 4.47 Å². The molecule has 1 aromatic carbocycles. The largest absolute Gasteiger partial charge is 0.468 e. The van der Waals surface area contributed by atoms with Crippen LogP contribution in [0.3, 0.4) is 0 Å². The van der Waals surface area contributed by atoms with E-state index in [9.17, 15) is 13.2 Å². The summed E-state index contributed by atoms with van der Waals surface area (Å²) in [5.41, 5.74) is 0.685. The van der Waals surface area contributed by atoms with E-state index in [0.29, 0.717) is 24.4 Å². The molecule has 0 bridgehead atoms. The van der Waals surface area contributed by atoms with E-state index < -0.39 is 9.84 Å². The molecule has 1 amide bonds. The first-order valence-corrected chi connectivity index (χ1v) is 10.6. The fourth-order valence-corrected chi connectivity index (χ4v) is 5.06. The Bertz CT molecular complexity index is 836. The standard InChI is InChI=1S/C17H19BrN2O4S/c18-15-5-1-2-6-16(15)19-17(21)11-20(10-14-4-3-8-24-14)13-7-9-25(22,23)12-13/h1-6,8,13H,7,9-12H2,(H,19,21)/t13-/m1/s1. The third-order valence-corrected chi connectivity index (χ3v) is 6.60. The number of amides is 1. The summed E-state index contributed by atoms with van der Waals surface area (Å²) >= 11 is 3.40. The SMILES string of the molecule is O=C(CN(Cc1ccco1)[C@@H]1CCS(=O)(=O)C1)Nc1ccccc1Br. The van der Waals surface area contributed by atoms with E-state index in [-0.39, 0.29) is 30.0 Å². The minimum Gasteiger partial charge on any atom is -0.468 e. The van der Waals surface area contributed by atoms with Gasteiger partial charge in [-0.1, -0.05) is 12.1 Å². The van der Waals surface area contributed by atoms with Gasteiger partial charge in [-0.15, -0.1) is 0 Å². The Balaban J connectivity index is 1.70. The van der Waals surface area contributed by atoms with Crippen LogP contribution >= 0.6 is 15.9 Å². The van der Waals surface area contributed by atoms with Crippen molar-refractivity contribution in [2.24, 2.45) is 0 Å². The molecule has 3 rings (SSSR count). The number of carbonyl (C=O) groups is 1. The van der Waals surface area contributed by atoms with Crippen molar-refractivity contribution in [3.8, 4) is 0 Å². The van der Waals surface area contributed by atoms with E-state index >= 15 is 0 Å². The number of anilines is 1. The minimum atomic E-state index is -3.03. The van der Waals surface area contributed by atoms with E-state index in [4.69, 9.17) is 4.42 Å². The van der Waals surface area contributed by atoms with E-state index in [1.54, 1.807) is 18.4 Å². The fourth-order valence-electron chi connectivity index (χ4n) is 2.92. The Labute approximate surface area is 155 Å². The number of carbonyl (C=O) groups excluding carboxylic acids is 1. The zero-order chi connectivity index (χ0) is 17.9. The summed E-state index contributed by atoms with van der Waals surface area (Å²) in [4.78, 5) is 14.3. The fraction of sp³-hybridized carbons (Fsp3) is 0.353. The van der Waals surface area contributed by atoms with Crippen molar-refractivity contribution >= 4 is 37.4 Å². The highest BCUT2D eigenvalue weighted by molar-refractivity contribution is 9.10. The molecule has 0 spiro atoms. The zero-order valence-corrected chi connectivity index (χ0v) is 15.9. The van der Waals surface area contributed by atoms with Crippen molar-refractivity contribution in [3.05, 3.63) is 52.9 Å². The molecule has 1 atom stereocenters. The molecule has 25 heavy (non-hydrogen) atoms. The first-order chi connectivity index (χ1) is 11.9. The molecule has 1 aliphatic heterocycles. The van der Waals surface area contributed by atoms with Gasteiger partial charge in [0, 0.05) is 10.5 Å². The molecule has 6 nitrogen and oxygen atoms in total. The Kier molecular flexibility index (Phi) is 5.61. The summed E-state index contributed by atoms with van der Waals surface area (Å²) < 4.78 is 29.8. The van der Waals surface area contributed by atoms with Crippen molar-refractivity contribution in [2.75, 3.05) is 23.4 Å². The van der Waals surface area contributed by atoms with Crippen LogP contribution in [0.25, 0.3) is 0 Å². The average Bonchev–Trinajstić information content (AvgIpc) is 3.18. The van der Waals surface area contributed by atoms with Crippen LogP contribution in [0.2, 0.25) is 0 Å². The van der Waals surface area contributed by atoms with Crippen molar-refractivity contribution < 1.29 is 17.6 Å². The number of sulfone groups is 1. The third kappa shape index (κ3) is 4.93. The maximum Gasteiger partial charge on any atom is 0.238 e. The van der Waals surface area contributed by atoms with Gasteiger partial charge in [-0.25, -0.2) is 8.42 Å². The molecular weight excluding hydrogens is 408 g/mol. The van der Waals surface area contributed by atoms with Gasteiger partial charge in [-0.3, -0.25) is 9.69 Å². The van der Waals surface area contributed by atoms with E-state index in [2.05, 4.69) is 21.2 Å². The lowest BCUT2D eigenvalue weighted by molar-refractivity contribution is -0.118. The summed E-state index contributed by atoms with van der Waals surface area (Å²) in [6, 6.07) is 10.8. The predicted molar refractivity (Wildman–Crippen MR) is 98.9 cm³/mol. The Morgan fingerprint density at radius 3 is 2.72 bits per heavy atom. The molecule has 134 valence electrons. The highest BCUT2D eigenvalue weighted by atomic mass is 79.9. The smallest absolute Gasteiger partial charge is 0.238 e. The molecule has 0 radical (unpaired) electrons. The monoisotopic (exact) mass is 426 g/mol. The molecule has 0 unspecified atom stereocenters. The quantitative estimate of drug-likeness (QED) is 0.767. The number of para-hydroxylation sites is 1. The van der Waals surface area contributed by atoms with Gasteiger partial charge < -0.3 is 9.73 Å². The van der Waals surface area contributed by atoms with Crippen molar-refractivity contribution in [3.63, 3.8) is 0 Å². The number of hydrogen-bond donors (Lipinski definition) is 1. The lowest BCUT2D eigenvalue weighted by Crippen LogP contribution is -2.41. The van der Waals surface area contributed by atoms with Crippen molar-refractivity contribution in [2.45, 2.75) is 19.0 Å². The van der Waals surface area contributed by atoms with E-state index in [1.165, 1.54) is 0 Å². The molecule has 2 aromatic rings. The van der Waals surface area contributed by atoms with Gasteiger partial charge in [0.25, 0.3) is 0 Å². The van der Waals surface area contributed by atoms with Gasteiger partial charge in [-0.05, 0) is 46.6 Å². The van der Waals surface area contributed by atoms with Crippen LogP contribution in [0.1, 0.15) is 12.2 Å². The van der Waals surface area contributed by atoms with Gasteiger partial charge in [0.15, 0.2) is 9.84 Å². The first-order valence-electron chi connectivity index (χ1n) is 7.94. The van der Waals surface area contributed by atoms with Crippen LogP contribution in [-0.4, -0.2) is 43.3 Å². The molecule has 0 aliphatic carbocycles. The number of benzene rings is 1. The Morgan fingerprint density at radius 2 is 2.08 bits per heavy atom. The molecule has 0 saturated carbocycles. The average molecular weight is 427 g/mol. The maximum atomic E-state index is 12.5. The lowest BCUT2D eigenvalue weighted by atomic mass is 10.2. The molecule has 1 N–H and O–H groups in total. The predicted octanol–water partition coefficient (Wildman–Crippen LogP) is 2.67. The lowest BCUT2D eigenvalue weighted by Gasteiger charge is -2.26. The number of hydrogen-bond acceptors (Lipinski definition) is 5. The summed E-state index contributed by atoms with van der Waals surface area (Å²) in [5.74, 6) is 0.759. The maximum absolute atomic E-state index is 12.5. The van der Waals surface area contributed by atoms with Gasteiger partial charge in [0.2, 0.25) is 5.91 Å². The topological polar surface area (TPSA) is 79.6 Å². The molecular formula is C17H19BrN2O4S. The zero-order valence-electron chi connectivity index (χ0n) is 13.5. The molecule has 2 heterocycles. The summed E-state index contributed by atoms with van der Waals surface area (Å²) in [7, 11) is -3.03. The summed E-state index contributed by atoms with van der Waals surface area (Å²) in [6.45, 7) is 0.499. The van der Waals surface area contributed by atoms with Crippen LogP contribution < -0.4 is 5.32 Å². The first kappa shape index (κ1) is 18.2. The number of nitrogens with zero attached hydrogens (tertiary/aromatic N) is 1. The molecule has 1 fully saturated rings. The highest BCUT2D eigenvalue weighted by Gasteiger charge is 2.33. The van der Waals surface area contributed by atoms with E-state index in [1.807, 2.05) is 29.2 Å². The number of nitrogens with one attached hydrogen (secondary N) is 1. The van der Waals surface area contributed by atoms with Crippen LogP contribution in [0.5, 0.6) is 0 Å². The minimum absolute atomic E-state index is 0.0794. The molecule has 8 heteroatoms. The van der Waals surface area contributed by atoms with Gasteiger partial charge >= 0.3 is 0 Å². The van der Waals surface area contributed by atoms with Crippen LogP contribution in [-0.2, 0) is 21.2 Å². The molecule has 1 aromatic heterocycles. The highest BCUT2D eigenvalue weighted by Crippen LogP contribution is 2.23. The Hall–Kier alpha value is -1.64. The second-order valence-corrected chi connectivity index (χ2v) is 9.15. The third-order valence-electron chi connectivity index (χ3n) is 4.16. The van der Waals surface area contributed by atoms with Crippen LogP contribution in [0.4, 0.5) is 5.69 Å². The van der Waals surface area contributed by atoms with Crippen molar-refractivity contribution in [1.29, 1.82) is 0 Å². The summed E-state index contributed by atoms with van der Waals surface area (Å²) in [5, 5.41) is 2.86. The normalized spacial score (nSPS) is 19.2. The second-order valence-electron chi connectivity index (χ2n) is 6.07. The summed E-state index contributed by atoms with van der Waals surface area (Å²) in [6.07, 6.45) is 2.10. The van der Waals surface area contributed by atoms with Crippen molar-refractivity contribution in [1.82, 2.24) is 4.90 Å². The Morgan fingerprint density at radius 1 is 1.28 bits per heavy atom. The van der Waals surface area contributed by atoms with Crippen LogP contribution in [0.15, 0.2) is 51.6 Å². The number of rotatable bonds is 6. The molecule has 1 aliphatic rings. The second kappa shape index (κ2) is 7.72. The van der Waals surface area contributed by atoms with Crippen LogP contribution in [0, 0.1) is 0 Å². The molecule has 1 saturated heterocycles. The number of furan rings is 1. The number of halogens is 1.